The van der Waals surface area contributed by atoms with Crippen molar-refractivity contribution in [2.75, 3.05) is 43.3 Å². The number of fused-ring (bicyclic) bond motifs is 12. The van der Waals surface area contributed by atoms with Gasteiger partial charge in [0.15, 0.2) is 0 Å². The van der Waals surface area contributed by atoms with Gasteiger partial charge in [-0.1, -0.05) is 22.0 Å². The molecular weight excluding hydrogens is 1290 g/mol. The number of nitrogens with zero attached hydrogens (tertiary/aromatic N) is 9. The molecule has 0 radical (unpaired) electrons. The van der Waals surface area contributed by atoms with E-state index in [9.17, 15) is 43.2 Å². The highest BCUT2D eigenvalue weighted by atomic mass is 79.9. The molecule has 12 heterocycles. The molecule has 486 valence electrons. The SMILES string of the molecule is CCOC(=O)Nc1ccc2c(c1)c1cccnc1n2C1CCC(=O)NC1=O.CN(C)c1ccc2c(c1)c1cccnc1n2C1CCC(=O)NC1=O.CNc1ccc2c(c1)c1cccnc1n2C1CCC(=O)NC1=O.O=C1CCC(n2c3cccc(Br)c3c3cccnc32)C(=O)N1. The Kier molecular flexibility index (Phi) is 17.5. The number of amides is 9. The lowest BCUT2D eigenvalue weighted by Crippen LogP contribution is -2.41. The number of imide groups is 4. The molecular formula is C70H64BrN15O10. The maximum absolute atomic E-state index is 12.4. The molecule has 0 spiro atoms. The number of pyridine rings is 4. The third kappa shape index (κ3) is 11.9. The number of halogens is 1. The second-order valence-corrected chi connectivity index (χ2v) is 24.5. The van der Waals surface area contributed by atoms with Crippen molar-refractivity contribution >= 4 is 174 Å². The number of rotatable bonds is 8. The Morgan fingerprint density at radius 2 is 0.854 bits per heavy atom. The molecule has 4 aliphatic heterocycles. The van der Waals surface area contributed by atoms with Crippen molar-refractivity contribution in [2.45, 2.75) is 82.5 Å². The second kappa shape index (κ2) is 26.5. The molecule has 0 bridgehead atoms. The van der Waals surface area contributed by atoms with Crippen molar-refractivity contribution in [1.82, 2.24) is 59.5 Å². The molecule has 8 aromatic heterocycles. The fourth-order valence-corrected chi connectivity index (χ4v) is 13.8. The Balaban J connectivity index is 0.000000116. The topological polar surface area (TPSA) is 310 Å². The van der Waals surface area contributed by atoms with Crippen LogP contribution in [-0.4, -0.2) is 119 Å². The summed E-state index contributed by atoms with van der Waals surface area (Å²) in [6.07, 6.45) is 9.55. The van der Waals surface area contributed by atoms with Crippen LogP contribution >= 0.6 is 15.9 Å². The highest BCUT2D eigenvalue weighted by Gasteiger charge is 2.35. The Hall–Kier alpha value is -11.4. The van der Waals surface area contributed by atoms with Gasteiger partial charge in [-0.05, 0) is 148 Å². The standard InChI is InChI=1S/C19H18N4O4.C18H18N4O2.C17H16N4O2.C16H12BrN3O2/c1-2-27-19(26)21-11-5-6-14-13(10-11)12-4-3-9-20-17(12)23(14)15-7-8-16(24)22-18(15)25;1-21(2)11-5-6-14-13(10-11)12-4-3-9-19-17(12)22(14)15-7-8-16(23)20-18(15)24;1-18-10-4-5-13-12(9-10)11-3-2-8-19-16(11)21(13)14-6-7-15(22)20-17(14)23;17-10-4-1-5-11-14(10)9-3-2-8-18-15(9)20(11)12-6-7-13(21)19-16(12)22/h3-6,9-10,15H,2,7-8H2,1H3,(H,21,26)(H,22,24,25);3-6,9-10,15H,7-8H2,1-2H3,(H,20,23,24);2-5,8-9,14,18H,6-7H2,1H3,(H,20,22,23);1-5,8,12H,6-7H2,(H,19,21,22). The van der Waals surface area contributed by atoms with Gasteiger partial charge in [-0.15, -0.1) is 0 Å². The molecule has 12 aromatic rings. The van der Waals surface area contributed by atoms with Crippen molar-refractivity contribution in [2.24, 2.45) is 0 Å². The van der Waals surface area contributed by atoms with E-state index < -0.39 is 30.3 Å². The minimum Gasteiger partial charge on any atom is -0.450 e. The Morgan fingerprint density at radius 1 is 0.479 bits per heavy atom. The first kappa shape index (κ1) is 63.4. The van der Waals surface area contributed by atoms with Crippen LogP contribution < -0.4 is 36.8 Å². The molecule has 6 N–H and O–H groups in total. The van der Waals surface area contributed by atoms with E-state index in [4.69, 9.17) is 4.74 Å². The van der Waals surface area contributed by atoms with Gasteiger partial charge in [0.25, 0.3) is 0 Å². The van der Waals surface area contributed by atoms with Gasteiger partial charge in [0.2, 0.25) is 47.3 Å². The average molecular weight is 1360 g/mol. The predicted molar refractivity (Wildman–Crippen MR) is 367 cm³/mol. The molecule has 16 rings (SSSR count). The molecule has 4 unspecified atom stereocenters. The van der Waals surface area contributed by atoms with Gasteiger partial charge in [0.1, 0.15) is 46.8 Å². The molecule has 25 nitrogen and oxygen atoms in total. The van der Waals surface area contributed by atoms with Crippen LogP contribution in [0.4, 0.5) is 21.9 Å². The molecule has 0 aliphatic carbocycles. The Bertz CT molecular complexity index is 5210. The summed E-state index contributed by atoms with van der Waals surface area (Å²) in [5.41, 5.74) is 9.32. The van der Waals surface area contributed by atoms with Crippen LogP contribution in [0.5, 0.6) is 0 Å². The molecule has 9 amide bonds. The van der Waals surface area contributed by atoms with Crippen molar-refractivity contribution < 1.29 is 47.9 Å². The molecule has 4 fully saturated rings. The van der Waals surface area contributed by atoms with Gasteiger partial charge in [-0.3, -0.25) is 64.9 Å². The number of carbonyl (C=O) groups excluding carboxylic acids is 9. The zero-order chi connectivity index (χ0) is 67.1. The lowest BCUT2D eigenvalue weighted by Gasteiger charge is -2.23. The molecule has 0 saturated carbocycles. The number of nitrogens with one attached hydrogen (secondary N) is 6. The maximum atomic E-state index is 12.4. The fraction of sp³-hybridized carbons (Fsp3) is 0.243. The summed E-state index contributed by atoms with van der Waals surface area (Å²) < 4.78 is 13.6. The normalized spacial score (nSPS) is 18.1. The maximum Gasteiger partial charge on any atom is 0.411 e. The van der Waals surface area contributed by atoms with Crippen molar-refractivity contribution in [3.63, 3.8) is 0 Å². The Morgan fingerprint density at radius 3 is 1.26 bits per heavy atom. The number of hydrogen-bond acceptors (Lipinski definition) is 16. The first-order chi connectivity index (χ1) is 46.5. The van der Waals surface area contributed by atoms with E-state index in [-0.39, 0.29) is 60.3 Å². The summed E-state index contributed by atoms with van der Waals surface area (Å²) in [7, 11) is 5.87. The summed E-state index contributed by atoms with van der Waals surface area (Å²) in [5.74, 6) is -2.00. The first-order valence-electron chi connectivity index (χ1n) is 31.3. The lowest BCUT2D eigenvalue weighted by molar-refractivity contribution is -0.137. The van der Waals surface area contributed by atoms with E-state index in [1.165, 1.54) is 0 Å². The number of aromatic nitrogens is 8. The van der Waals surface area contributed by atoms with Crippen LogP contribution in [-0.2, 0) is 43.1 Å². The average Bonchev–Trinajstić information content (AvgIpc) is 1.62. The summed E-state index contributed by atoms with van der Waals surface area (Å²) in [6, 6.07) is 37.2. The van der Waals surface area contributed by atoms with E-state index in [0.717, 1.165) is 97.9 Å². The number of anilines is 3. The van der Waals surface area contributed by atoms with Gasteiger partial charge < -0.3 is 33.2 Å². The molecule has 4 aromatic carbocycles. The smallest absolute Gasteiger partial charge is 0.411 e. The van der Waals surface area contributed by atoms with Crippen molar-refractivity contribution in [3.8, 4) is 0 Å². The third-order valence-electron chi connectivity index (χ3n) is 17.6. The number of piperidine rings is 4. The largest absolute Gasteiger partial charge is 0.450 e. The van der Waals surface area contributed by atoms with Crippen LogP contribution in [0.3, 0.4) is 0 Å². The molecule has 26 heteroatoms. The highest BCUT2D eigenvalue weighted by Crippen LogP contribution is 2.40. The van der Waals surface area contributed by atoms with Gasteiger partial charge in [0, 0.05) is 136 Å². The summed E-state index contributed by atoms with van der Waals surface area (Å²) in [4.78, 5) is 127. The van der Waals surface area contributed by atoms with Crippen LogP contribution in [0.2, 0.25) is 0 Å². The lowest BCUT2D eigenvalue weighted by atomic mass is 10.1. The van der Waals surface area contributed by atoms with Gasteiger partial charge in [0.05, 0.1) is 28.7 Å². The fourth-order valence-electron chi connectivity index (χ4n) is 13.3. The Labute approximate surface area is 555 Å². The van der Waals surface area contributed by atoms with E-state index in [1.54, 1.807) is 37.8 Å². The first-order valence-corrected chi connectivity index (χ1v) is 32.1. The third-order valence-corrected chi connectivity index (χ3v) is 18.3. The van der Waals surface area contributed by atoms with Crippen molar-refractivity contribution in [1.29, 1.82) is 0 Å². The minimum absolute atomic E-state index is 0.208. The summed E-state index contributed by atoms with van der Waals surface area (Å²) in [6.45, 7) is 2.02. The van der Waals surface area contributed by atoms with Gasteiger partial charge >= 0.3 is 6.09 Å². The summed E-state index contributed by atoms with van der Waals surface area (Å²) >= 11 is 3.58. The van der Waals surface area contributed by atoms with Crippen LogP contribution in [0.15, 0.2) is 151 Å². The van der Waals surface area contributed by atoms with E-state index in [2.05, 4.69) is 79.9 Å². The van der Waals surface area contributed by atoms with Crippen LogP contribution in [0.25, 0.3) is 87.7 Å². The zero-order valence-electron chi connectivity index (χ0n) is 52.5. The molecule has 4 aliphatic rings. The van der Waals surface area contributed by atoms with Crippen LogP contribution in [0.1, 0.15) is 82.5 Å². The number of carbonyl (C=O) groups is 9. The number of benzene rings is 4. The molecule has 4 atom stereocenters. The quantitative estimate of drug-likeness (QED) is 0.0771. The van der Waals surface area contributed by atoms with E-state index in [1.807, 2.05) is 147 Å². The van der Waals surface area contributed by atoms with Gasteiger partial charge in [-0.2, -0.15) is 0 Å². The minimum atomic E-state index is -0.524. The number of hydrogen-bond donors (Lipinski definition) is 6. The monoisotopic (exact) mass is 1350 g/mol. The van der Waals surface area contributed by atoms with Crippen LogP contribution in [0, 0.1) is 0 Å². The predicted octanol–water partition coefficient (Wildman–Crippen LogP) is 10.1. The zero-order valence-corrected chi connectivity index (χ0v) is 54.1. The summed E-state index contributed by atoms with van der Waals surface area (Å²) in [5, 5.41) is 23.4. The number of ether oxygens (including phenoxy) is 1. The van der Waals surface area contributed by atoms with Gasteiger partial charge in [-0.25, -0.2) is 24.7 Å². The van der Waals surface area contributed by atoms with Crippen molar-refractivity contribution in [3.05, 3.63) is 151 Å². The highest BCUT2D eigenvalue weighted by molar-refractivity contribution is 9.10. The molecule has 96 heavy (non-hydrogen) atoms. The molecule has 4 saturated heterocycles. The second-order valence-electron chi connectivity index (χ2n) is 23.6. The van der Waals surface area contributed by atoms with E-state index >= 15 is 0 Å². The van der Waals surface area contributed by atoms with E-state index in [0.29, 0.717) is 56.3 Å².